The third-order valence-electron chi connectivity index (χ3n) is 5.26. The lowest BCUT2D eigenvalue weighted by Gasteiger charge is -2.33. The second-order valence-corrected chi connectivity index (χ2v) is 9.24. The normalized spacial score (nSPS) is 15.7. The van der Waals surface area contributed by atoms with Gasteiger partial charge < -0.3 is 19.2 Å². The topological polar surface area (TPSA) is 86.1 Å². The summed E-state index contributed by atoms with van der Waals surface area (Å²) in [6.07, 6.45) is -2.37. The molecule has 1 aromatic carbocycles. The Hall–Kier alpha value is -3.37. The summed E-state index contributed by atoms with van der Waals surface area (Å²) in [7, 11) is 0. The van der Waals surface area contributed by atoms with Crippen LogP contribution in [0, 0.1) is 6.92 Å². The van der Waals surface area contributed by atoms with Crippen LogP contribution < -0.4 is 9.57 Å². The van der Waals surface area contributed by atoms with E-state index in [-0.39, 0.29) is 18.1 Å². The molecular formula is C24H29F3N4O4. The summed E-state index contributed by atoms with van der Waals surface area (Å²) < 4.78 is 49.7. The number of nitrogens with zero attached hydrogens (tertiary/aromatic N) is 4. The highest BCUT2D eigenvalue weighted by Gasteiger charge is 2.30. The van der Waals surface area contributed by atoms with Crippen LogP contribution in [0.25, 0.3) is 0 Å². The zero-order valence-electron chi connectivity index (χ0n) is 20.3. The van der Waals surface area contributed by atoms with Crippen molar-refractivity contribution in [3.8, 4) is 11.8 Å². The minimum Gasteiger partial charge on any atom is -0.474 e. The maximum atomic E-state index is 12.8. The Bertz CT molecular complexity index is 1060. The van der Waals surface area contributed by atoms with Crippen LogP contribution in [0.4, 0.5) is 18.0 Å². The van der Waals surface area contributed by atoms with E-state index in [1.165, 1.54) is 18.5 Å². The molecule has 0 N–H and O–H groups in total. The molecule has 0 atom stereocenters. The zero-order valence-corrected chi connectivity index (χ0v) is 20.3. The SMILES string of the molecule is C/C(=N/Oc1ncnc(OC2CCN(C(=O)OC(C)(C)C)CC2)c1C)c1ccc(C(F)(F)F)cc1. The molecule has 0 spiro atoms. The standard InChI is InChI=1S/C24H29F3N4O4/c1-15-20(33-19-10-12-31(13-11-19)22(32)34-23(3,4)5)28-14-29-21(15)35-30-16(2)17-6-8-18(9-7-17)24(25,26)27/h6-9,14,19H,10-13H2,1-5H3/b30-16-. The molecule has 0 saturated carbocycles. The van der Waals surface area contributed by atoms with Crippen LogP contribution in [-0.4, -0.2) is 51.5 Å². The number of oxime groups is 1. The van der Waals surface area contributed by atoms with Gasteiger partial charge in [-0.3, -0.25) is 0 Å². The molecule has 3 rings (SSSR count). The Morgan fingerprint density at radius 2 is 1.66 bits per heavy atom. The van der Waals surface area contributed by atoms with E-state index in [0.29, 0.717) is 48.6 Å². The summed E-state index contributed by atoms with van der Waals surface area (Å²) >= 11 is 0. The number of benzene rings is 1. The number of hydrogen-bond donors (Lipinski definition) is 0. The fourth-order valence-corrected chi connectivity index (χ4v) is 3.34. The van der Waals surface area contributed by atoms with Crippen molar-refractivity contribution in [3.05, 3.63) is 47.3 Å². The van der Waals surface area contributed by atoms with E-state index < -0.39 is 17.3 Å². The molecule has 1 aliphatic heterocycles. The van der Waals surface area contributed by atoms with E-state index in [1.807, 2.05) is 20.8 Å². The molecule has 2 heterocycles. The van der Waals surface area contributed by atoms with Crippen LogP contribution in [0.2, 0.25) is 0 Å². The molecule has 0 aliphatic carbocycles. The van der Waals surface area contributed by atoms with Crippen molar-refractivity contribution in [1.82, 2.24) is 14.9 Å². The first-order chi connectivity index (χ1) is 16.3. The number of piperidine rings is 1. The first kappa shape index (κ1) is 26.2. The van der Waals surface area contributed by atoms with Gasteiger partial charge in [0.1, 0.15) is 18.0 Å². The second kappa shape index (κ2) is 10.5. The van der Waals surface area contributed by atoms with Crippen LogP contribution in [0.15, 0.2) is 35.7 Å². The van der Waals surface area contributed by atoms with Gasteiger partial charge in [-0.1, -0.05) is 17.3 Å². The number of alkyl halides is 3. The summed E-state index contributed by atoms with van der Waals surface area (Å²) in [4.78, 5) is 27.6. The van der Waals surface area contributed by atoms with Crippen molar-refractivity contribution in [2.45, 2.75) is 65.3 Å². The summed E-state index contributed by atoms with van der Waals surface area (Å²) in [5.41, 5.74) is 0.115. The van der Waals surface area contributed by atoms with Crippen molar-refractivity contribution in [1.29, 1.82) is 0 Å². The summed E-state index contributed by atoms with van der Waals surface area (Å²) in [5.74, 6) is 0.514. The van der Waals surface area contributed by atoms with Gasteiger partial charge in [-0.2, -0.15) is 18.2 Å². The third-order valence-corrected chi connectivity index (χ3v) is 5.26. The van der Waals surface area contributed by atoms with E-state index in [2.05, 4.69) is 15.1 Å². The molecule has 0 radical (unpaired) electrons. The van der Waals surface area contributed by atoms with Gasteiger partial charge in [0.15, 0.2) is 0 Å². The van der Waals surface area contributed by atoms with Crippen LogP contribution in [0.1, 0.15) is 57.2 Å². The van der Waals surface area contributed by atoms with Crippen molar-refractivity contribution in [2.24, 2.45) is 5.16 Å². The van der Waals surface area contributed by atoms with E-state index >= 15 is 0 Å². The van der Waals surface area contributed by atoms with E-state index in [9.17, 15) is 18.0 Å². The summed E-state index contributed by atoms with van der Waals surface area (Å²) in [6, 6.07) is 4.64. The molecule has 0 bridgehead atoms. The lowest BCUT2D eigenvalue weighted by Crippen LogP contribution is -2.44. The Morgan fingerprint density at radius 3 is 2.23 bits per heavy atom. The molecule has 1 aliphatic rings. The highest BCUT2D eigenvalue weighted by atomic mass is 19.4. The Kier molecular flexibility index (Phi) is 7.86. The van der Waals surface area contributed by atoms with Crippen LogP contribution in [-0.2, 0) is 10.9 Å². The largest absolute Gasteiger partial charge is 0.474 e. The monoisotopic (exact) mass is 494 g/mol. The van der Waals surface area contributed by atoms with Gasteiger partial charge in [0.2, 0.25) is 5.88 Å². The number of halogens is 3. The van der Waals surface area contributed by atoms with Gasteiger partial charge in [0.25, 0.3) is 5.88 Å². The van der Waals surface area contributed by atoms with Gasteiger partial charge >= 0.3 is 12.3 Å². The van der Waals surface area contributed by atoms with E-state index in [1.54, 1.807) is 18.7 Å². The molecule has 0 unspecified atom stereocenters. The predicted molar refractivity (Wildman–Crippen MR) is 123 cm³/mol. The average molecular weight is 495 g/mol. The molecule has 190 valence electrons. The summed E-state index contributed by atoms with van der Waals surface area (Å²) in [6.45, 7) is 9.83. The van der Waals surface area contributed by atoms with Crippen molar-refractivity contribution >= 4 is 11.8 Å². The number of ether oxygens (including phenoxy) is 2. The highest BCUT2D eigenvalue weighted by molar-refractivity contribution is 5.98. The van der Waals surface area contributed by atoms with Crippen molar-refractivity contribution in [2.75, 3.05) is 13.1 Å². The van der Waals surface area contributed by atoms with E-state index in [4.69, 9.17) is 14.3 Å². The first-order valence-corrected chi connectivity index (χ1v) is 11.2. The number of hydrogen-bond acceptors (Lipinski definition) is 7. The minimum absolute atomic E-state index is 0.146. The van der Waals surface area contributed by atoms with Crippen LogP contribution in [0.5, 0.6) is 11.8 Å². The van der Waals surface area contributed by atoms with Gasteiger partial charge in [0.05, 0.1) is 16.8 Å². The Balaban J connectivity index is 1.59. The fraction of sp³-hybridized carbons (Fsp3) is 0.500. The molecule has 1 fully saturated rings. The smallest absolute Gasteiger partial charge is 0.416 e. The quantitative estimate of drug-likeness (QED) is 0.410. The van der Waals surface area contributed by atoms with Gasteiger partial charge in [-0.15, -0.1) is 0 Å². The number of carbonyl (C=O) groups excluding carboxylic acids is 1. The van der Waals surface area contributed by atoms with E-state index in [0.717, 1.165) is 12.1 Å². The second-order valence-electron chi connectivity index (χ2n) is 9.24. The number of likely N-dealkylation sites (tertiary alicyclic amines) is 1. The molecule has 1 saturated heterocycles. The number of carbonyl (C=O) groups is 1. The summed E-state index contributed by atoms with van der Waals surface area (Å²) in [5, 5.41) is 4.00. The Labute approximate surface area is 202 Å². The Morgan fingerprint density at radius 1 is 1.06 bits per heavy atom. The first-order valence-electron chi connectivity index (χ1n) is 11.2. The maximum absolute atomic E-state index is 12.8. The predicted octanol–water partition coefficient (Wildman–Crippen LogP) is 5.39. The molecule has 1 aromatic heterocycles. The number of amides is 1. The molecule has 2 aromatic rings. The van der Waals surface area contributed by atoms with Crippen molar-refractivity contribution < 1.29 is 32.3 Å². The number of aromatic nitrogens is 2. The van der Waals surface area contributed by atoms with Gasteiger partial charge in [-0.25, -0.2) is 9.78 Å². The minimum atomic E-state index is -4.40. The molecule has 1 amide bonds. The maximum Gasteiger partial charge on any atom is 0.416 e. The highest BCUT2D eigenvalue weighted by Crippen LogP contribution is 2.29. The van der Waals surface area contributed by atoms with Gasteiger partial charge in [0, 0.05) is 25.9 Å². The van der Waals surface area contributed by atoms with Gasteiger partial charge in [-0.05, 0) is 52.3 Å². The lowest BCUT2D eigenvalue weighted by atomic mass is 10.1. The molecular weight excluding hydrogens is 465 g/mol. The molecule has 8 nitrogen and oxygen atoms in total. The average Bonchev–Trinajstić information content (AvgIpc) is 2.78. The lowest BCUT2D eigenvalue weighted by molar-refractivity contribution is -0.137. The zero-order chi connectivity index (χ0) is 25.8. The number of rotatable bonds is 5. The molecule has 35 heavy (non-hydrogen) atoms. The van der Waals surface area contributed by atoms with Crippen LogP contribution in [0.3, 0.4) is 0 Å². The fourth-order valence-electron chi connectivity index (χ4n) is 3.34. The van der Waals surface area contributed by atoms with Crippen LogP contribution >= 0.6 is 0 Å². The molecule has 11 heteroatoms. The van der Waals surface area contributed by atoms with Crippen molar-refractivity contribution in [3.63, 3.8) is 0 Å². The third kappa shape index (κ3) is 7.30.